The zero-order chi connectivity index (χ0) is 29.6. The molecule has 1 unspecified atom stereocenters. The lowest BCUT2D eigenvalue weighted by Crippen LogP contribution is -2.37. The van der Waals surface area contributed by atoms with Crippen LogP contribution in [0.4, 0.5) is 4.79 Å². The molecule has 8 nitrogen and oxygen atoms in total. The van der Waals surface area contributed by atoms with Crippen molar-refractivity contribution in [2.24, 2.45) is 0 Å². The van der Waals surface area contributed by atoms with Crippen LogP contribution in [0.1, 0.15) is 25.3 Å². The van der Waals surface area contributed by atoms with E-state index < -0.39 is 18.2 Å². The van der Waals surface area contributed by atoms with Crippen molar-refractivity contribution < 1.29 is 33.6 Å². The molecule has 0 spiro atoms. The summed E-state index contributed by atoms with van der Waals surface area (Å²) in [5, 5.41) is 10.8. The molecule has 1 atom stereocenters. The molecule has 1 amide bonds. The van der Waals surface area contributed by atoms with E-state index in [2.05, 4.69) is 0 Å². The number of unbranched alkanes of at least 4 members (excludes halogenated alkanes) is 1. The molecule has 0 aromatic heterocycles. The minimum atomic E-state index is -1.00. The monoisotopic (exact) mass is 623 g/mol. The number of rotatable bonds is 16. The third-order valence-electron chi connectivity index (χ3n) is 5.82. The fourth-order valence-corrected chi connectivity index (χ4v) is 4.43. The lowest BCUT2D eigenvalue weighted by atomic mass is 10.1. The predicted octanol–water partition coefficient (Wildman–Crippen LogP) is 7.42. The van der Waals surface area contributed by atoms with Gasteiger partial charge in [0, 0.05) is 34.6 Å². The Labute approximate surface area is 254 Å². The van der Waals surface area contributed by atoms with Crippen molar-refractivity contribution in [3.05, 3.63) is 87.4 Å². The highest BCUT2D eigenvalue weighted by Crippen LogP contribution is 2.24. The van der Waals surface area contributed by atoms with Crippen LogP contribution in [0.25, 0.3) is 0 Å². The van der Waals surface area contributed by atoms with E-state index in [0.29, 0.717) is 64.9 Å². The standard InChI is InChI=1S/C30H32Cl3NO7/c1-2-38-28(29(35)36)17-21-5-9-25(10-6-21)40-16-14-34(30(37)41-26-11-7-22(31)8-12-26)13-3-4-15-39-27-19-23(32)18-24(33)20-27/h5-12,18-20,28H,2-4,13-17H2,1H3,(H,35,36). The van der Waals surface area contributed by atoms with Crippen LogP contribution >= 0.6 is 34.8 Å². The van der Waals surface area contributed by atoms with Crippen LogP contribution in [0.2, 0.25) is 15.1 Å². The number of benzene rings is 3. The molecule has 41 heavy (non-hydrogen) atoms. The first-order chi connectivity index (χ1) is 19.7. The van der Waals surface area contributed by atoms with Gasteiger partial charge in [-0.1, -0.05) is 46.9 Å². The third kappa shape index (κ3) is 11.7. The van der Waals surface area contributed by atoms with Gasteiger partial charge in [0.1, 0.15) is 23.9 Å². The van der Waals surface area contributed by atoms with Gasteiger partial charge in [0.05, 0.1) is 13.2 Å². The van der Waals surface area contributed by atoms with Crippen LogP contribution in [-0.2, 0) is 16.0 Å². The van der Waals surface area contributed by atoms with Gasteiger partial charge < -0.3 is 29.0 Å². The quantitative estimate of drug-likeness (QED) is 0.166. The number of amides is 1. The van der Waals surface area contributed by atoms with Gasteiger partial charge >= 0.3 is 12.1 Å². The molecule has 0 aliphatic carbocycles. The Morgan fingerprint density at radius 3 is 2.05 bits per heavy atom. The number of hydrogen-bond donors (Lipinski definition) is 1. The van der Waals surface area contributed by atoms with Gasteiger partial charge in [-0.3, -0.25) is 0 Å². The molecule has 0 bridgehead atoms. The summed E-state index contributed by atoms with van der Waals surface area (Å²) in [5.41, 5.74) is 0.814. The summed E-state index contributed by atoms with van der Waals surface area (Å²) < 4.78 is 22.4. The maximum atomic E-state index is 13.0. The van der Waals surface area contributed by atoms with Crippen molar-refractivity contribution in [3.8, 4) is 17.2 Å². The Kier molecular flexibility index (Phi) is 13.4. The van der Waals surface area contributed by atoms with E-state index in [0.717, 1.165) is 5.56 Å². The zero-order valence-electron chi connectivity index (χ0n) is 22.6. The highest BCUT2D eigenvalue weighted by atomic mass is 35.5. The largest absolute Gasteiger partial charge is 0.493 e. The number of nitrogens with zero attached hydrogens (tertiary/aromatic N) is 1. The number of hydrogen-bond acceptors (Lipinski definition) is 6. The minimum Gasteiger partial charge on any atom is -0.493 e. The number of carbonyl (C=O) groups excluding carboxylic acids is 1. The first-order valence-corrected chi connectivity index (χ1v) is 14.2. The second-order valence-electron chi connectivity index (χ2n) is 8.95. The second-order valence-corrected chi connectivity index (χ2v) is 10.3. The number of ether oxygens (including phenoxy) is 4. The molecule has 3 aromatic carbocycles. The predicted molar refractivity (Wildman–Crippen MR) is 159 cm³/mol. The number of carboxylic acid groups (broad SMARTS) is 1. The maximum absolute atomic E-state index is 13.0. The van der Waals surface area contributed by atoms with E-state index in [4.69, 9.17) is 53.8 Å². The summed E-state index contributed by atoms with van der Waals surface area (Å²) >= 11 is 18.0. The van der Waals surface area contributed by atoms with Crippen LogP contribution < -0.4 is 14.2 Å². The van der Waals surface area contributed by atoms with Crippen molar-refractivity contribution in [3.63, 3.8) is 0 Å². The Morgan fingerprint density at radius 2 is 1.41 bits per heavy atom. The van der Waals surface area contributed by atoms with E-state index in [-0.39, 0.29) is 19.6 Å². The molecule has 11 heteroatoms. The molecule has 3 rings (SSSR count). The molecule has 0 radical (unpaired) electrons. The van der Waals surface area contributed by atoms with Gasteiger partial charge in [-0.15, -0.1) is 0 Å². The van der Waals surface area contributed by atoms with Crippen LogP contribution in [-0.4, -0.2) is 61.1 Å². The average Bonchev–Trinajstić information content (AvgIpc) is 2.93. The van der Waals surface area contributed by atoms with Crippen LogP contribution in [0.3, 0.4) is 0 Å². The summed E-state index contributed by atoms with van der Waals surface area (Å²) in [7, 11) is 0. The third-order valence-corrected chi connectivity index (χ3v) is 6.51. The normalized spacial score (nSPS) is 11.5. The van der Waals surface area contributed by atoms with Gasteiger partial charge in [0.25, 0.3) is 0 Å². The number of carbonyl (C=O) groups is 2. The summed E-state index contributed by atoms with van der Waals surface area (Å²) in [6.45, 7) is 3.42. The van der Waals surface area contributed by atoms with Gasteiger partial charge in [-0.2, -0.15) is 0 Å². The van der Waals surface area contributed by atoms with E-state index in [9.17, 15) is 14.7 Å². The second kappa shape index (κ2) is 16.9. The molecule has 1 N–H and O–H groups in total. The maximum Gasteiger partial charge on any atom is 0.415 e. The van der Waals surface area contributed by atoms with Crippen molar-refractivity contribution in [1.29, 1.82) is 0 Å². The van der Waals surface area contributed by atoms with E-state index in [1.165, 1.54) is 0 Å². The Hall–Kier alpha value is -3.17. The summed E-state index contributed by atoms with van der Waals surface area (Å²) in [4.78, 5) is 25.9. The van der Waals surface area contributed by atoms with E-state index in [1.807, 2.05) is 0 Å². The molecular weight excluding hydrogens is 593 g/mol. The van der Waals surface area contributed by atoms with Crippen LogP contribution in [0.15, 0.2) is 66.7 Å². The topological polar surface area (TPSA) is 94.5 Å². The molecule has 0 heterocycles. The SMILES string of the molecule is CCOC(Cc1ccc(OCCN(CCCCOc2cc(Cl)cc(Cl)c2)C(=O)Oc2ccc(Cl)cc2)cc1)C(=O)O. The number of halogens is 3. The van der Waals surface area contributed by atoms with Gasteiger partial charge in [-0.25, -0.2) is 9.59 Å². The molecule has 0 saturated carbocycles. The van der Waals surface area contributed by atoms with Crippen molar-refractivity contribution in [2.45, 2.75) is 32.3 Å². The molecular formula is C30H32Cl3NO7. The molecule has 0 saturated heterocycles. The molecule has 0 aliphatic heterocycles. The lowest BCUT2D eigenvalue weighted by molar-refractivity contribution is -0.149. The van der Waals surface area contributed by atoms with Gasteiger partial charge in [-0.05, 0) is 79.9 Å². The summed E-state index contributed by atoms with van der Waals surface area (Å²) in [5.74, 6) is 0.556. The zero-order valence-corrected chi connectivity index (χ0v) is 24.8. The smallest absolute Gasteiger partial charge is 0.415 e. The van der Waals surface area contributed by atoms with Crippen LogP contribution in [0.5, 0.6) is 17.2 Å². The first-order valence-electron chi connectivity index (χ1n) is 13.1. The Bertz CT molecular complexity index is 1240. The highest BCUT2D eigenvalue weighted by molar-refractivity contribution is 6.34. The van der Waals surface area contributed by atoms with Crippen molar-refractivity contribution in [1.82, 2.24) is 4.90 Å². The van der Waals surface area contributed by atoms with Gasteiger partial charge in [0.2, 0.25) is 0 Å². The van der Waals surface area contributed by atoms with Crippen molar-refractivity contribution >= 4 is 46.9 Å². The number of aliphatic carboxylic acids is 1. The molecule has 220 valence electrons. The summed E-state index contributed by atoms with van der Waals surface area (Å²) in [6, 6.07) is 18.7. The fraction of sp³-hybridized carbons (Fsp3) is 0.333. The molecule has 0 fully saturated rings. The molecule has 0 aliphatic rings. The Balaban J connectivity index is 1.52. The number of carboxylic acids is 1. The average molecular weight is 625 g/mol. The lowest BCUT2D eigenvalue weighted by Gasteiger charge is -2.22. The van der Waals surface area contributed by atoms with Crippen LogP contribution in [0, 0.1) is 0 Å². The minimum absolute atomic E-state index is 0.225. The highest BCUT2D eigenvalue weighted by Gasteiger charge is 2.18. The summed E-state index contributed by atoms with van der Waals surface area (Å²) in [6.07, 6.45) is 0.173. The first kappa shape index (κ1) is 32.3. The van der Waals surface area contributed by atoms with Crippen molar-refractivity contribution in [2.75, 3.05) is 32.9 Å². The van der Waals surface area contributed by atoms with E-state index in [1.54, 1.807) is 78.6 Å². The van der Waals surface area contributed by atoms with E-state index >= 15 is 0 Å². The Morgan fingerprint density at radius 1 is 0.780 bits per heavy atom. The molecule has 3 aromatic rings. The fourth-order valence-electron chi connectivity index (χ4n) is 3.80. The van der Waals surface area contributed by atoms with Gasteiger partial charge in [0.15, 0.2) is 6.10 Å².